The zero-order chi connectivity index (χ0) is 32.5. The first-order valence-corrected chi connectivity index (χ1v) is 15.6. The number of sulfone groups is 1. The number of aromatic nitrogens is 2. The molecule has 0 aliphatic heterocycles. The van der Waals surface area contributed by atoms with Gasteiger partial charge in [-0.25, -0.2) is 22.8 Å². The van der Waals surface area contributed by atoms with Gasteiger partial charge >= 0.3 is 6.18 Å². The van der Waals surface area contributed by atoms with E-state index in [1.54, 1.807) is 6.07 Å². The van der Waals surface area contributed by atoms with Crippen LogP contribution in [-0.2, 0) is 26.6 Å². The molecule has 15 heteroatoms. The lowest BCUT2D eigenvalue weighted by atomic mass is 9.79. The third kappa shape index (κ3) is 9.34. The van der Waals surface area contributed by atoms with E-state index in [2.05, 4.69) is 20.2 Å². The van der Waals surface area contributed by atoms with Crippen LogP contribution in [0.15, 0.2) is 59.9 Å². The van der Waals surface area contributed by atoms with Crippen molar-refractivity contribution in [2.75, 3.05) is 27.2 Å². The normalized spacial score (nSPS) is 18.8. The van der Waals surface area contributed by atoms with Crippen molar-refractivity contribution in [2.24, 2.45) is 0 Å². The summed E-state index contributed by atoms with van der Waals surface area (Å²) in [5.41, 5.74) is 0.124. The third-order valence-corrected chi connectivity index (χ3v) is 9.26. The Bertz CT molecular complexity index is 1500. The molecule has 0 saturated heterocycles. The van der Waals surface area contributed by atoms with Gasteiger partial charge in [-0.2, -0.15) is 13.2 Å². The predicted octanol–water partition coefficient (Wildman–Crippen LogP) is 5.20. The molecule has 0 bridgehead atoms. The van der Waals surface area contributed by atoms with Crippen LogP contribution in [0.4, 0.5) is 17.6 Å². The van der Waals surface area contributed by atoms with E-state index < -0.39 is 44.1 Å². The molecule has 1 aromatic heterocycles. The Balaban J connectivity index is 0.00000169. The van der Waals surface area contributed by atoms with Gasteiger partial charge in [-0.3, -0.25) is 9.69 Å². The maximum atomic E-state index is 15.2. The molecule has 2 aromatic carbocycles. The third-order valence-electron chi connectivity index (χ3n) is 7.30. The summed E-state index contributed by atoms with van der Waals surface area (Å²) in [4.78, 5) is 17.5. The van der Waals surface area contributed by atoms with Gasteiger partial charge in [0.25, 0.3) is 6.47 Å². The number of carbonyl (C=O) groups is 1. The van der Waals surface area contributed by atoms with Crippen LogP contribution in [0.25, 0.3) is 0 Å². The maximum absolute atomic E-state index is 15.2. The van der Waals surface area contributed by atoms with Gasteiger partial charge in [-0.1, -0.05) is 29.8 Å². The summed E-state index contributed by atoms with van der Waals surface area (Å²) < 4.78 is 87.2. The van der Waals surface area contributed by atoms with Crippen LogP contribution in [-0.4, -0.2) is 74.2 Å². The highest BCUT2D eigenvalue weighted by Crippen LogP contribution is 2.40. The lowest BCUT2D eigenvalue weighted by Crippen LogP contribution is -2.49. The number of halogens is 5. The van der Waals surface area contributed by atoms with Crippen molar-refractivity contribution in [3.8, 4) is 5.75 Å². The number of nitrogens with zero attached hydrogens (tertiary/aromatic N) is 3. The van der Waals surface area contributed by atoms with Gasteiger partial charge in [-0.05, 0) is 63.0 Å². The number of likely N-dealkylation sites (N-methyl/N-ethyl adjacent to an activating group) is 2. The Hall–Kier alpha value is -3.33. The summed E-state index contributed by atoms with van der Waals surface area (Å²) in [6.45, 7) is 1.06. The highest BCUT2D eigenvalue weighted by Gasteiger charge is 2.37. The van der Waals surface area contributed by atoms with Gasteiger partial charge < -0.3 is 15.2 Å². The predicted molar refractivity (Wildman–Crippen MR) is 156 cm³/mol. The minimum absolute atomic E-state index is 0.000289. The molecular formula is C29H33ClF4N4O5S. The lowest BCUT2D eigenvalue weighted by Gasteiger charge is -2.41. The molecule has 0 amide bonds. The van der Waals surface area contributed by atoms with Crippen molar-refractivity contribution < 1.29 is 40.6 Å². The van der Waals surface area contributed by atoms with Crippen molar-refractivity contribution >= 4 is 27.9 Å². The minimum atomic E-state index is -4.44. The second kappa shape index (κ2) is 15.6. The fourth-order valence-corrected chi connectivity index (χ4v) is 6.77. The van der Waals surface area contributed by atoms with Crippen LogP contribution in [0.3, 0.4) is 0 Å². The number of rotatable bonds is 10. The molecule has 2 N–H and O–H groups in total. The van der Waals surface area contributed by atoms with Crippen LogP contribution >= 0.6 is 11.6 Å². The molecule has 1 aliphatic carbocycles. The van der Waals surface area contributed by atoms with E-state index in [1.807, 2.05) is 14.1 Å². The zero-order valence-corrected chi connectivity index (χ0v) is 25.5. The molecule has 240 valence electrons. The fraction of sp³-hybridized carbons (Fsp3) is 0.414. The minimum Gasteiger partial charge on any atom is -0.487 e. The molecule has 3 atom stereocenters. The summed E-state index contributed by atoms with van der Waals surface area (Å²) in [7, 11) is -0.386. The van der Waals surface area contributed by atoms with Gasteiger partial charge in [0.2, 0.25) is 0 Å². The molecule has 0 radical (unpaired) electrons. The van der Waals surface area contributed by atoms with Crippen molar-refractivity contribution in [3.05, 3.63) is 82.6 Å². The highest BCUT2D eigenvalue weighted by molar-refractivity contribution is 7.90. The van der Waals surface area contributed by atoms with Crippen LogP contribution in [0, 0.1) is 5.82 Å². The van der Waals surface area contributed by atoms with Gasteiger partial charge in [0.05, 0.1) is 22.0 Å². The molecule has 1 heterocycles. The van der Waals surface area contributed by atoms with Crippen LogP contribution in [0.2, 0.25) is 5.02 Å². The number of carboxylic acid groups (broad SMARTS) is 1. The topological polar surface area (TPSA) is 122 Å². The fourth-order valence-electron chi connectivity index (χ4n) is 5.12. The van der Waals surface area contributed by atoms with Crippen LogP contribution in [0.5, 0.6) is 5.75 Å². The van der Waals surface area contributed by atoms with Crippen LogP contribution < -0.4 is 10.1 Å². The van der Waals surface area contributed by atoms with Gasteiger partial charge in [0.1, 0.15) is 28.9 Å². The van der Waals surface area contributed by atoms with E-state index in [4.69, 9.17) is 26.2 Å². The van der Waals surface area contributed by atoms with Gasteiger partial charge in [0, 0.05) is 31.4 Å². The monoisotopic (exact) mass is 660 g/mol. The Morgan fingerprint density at radius 2 is 1.93 bits per heavy atom. The molecular weight excluding hydrogens is 628 g/mol. The zero-order valence-electron chi connectivity index (χ0n) is 24.0. The van der Waals surface area contributed by atoms with E-state index in [-0.39, 0.29) is 34.9 Å². The van der Waals surface area contributed by atoms with Crippen molar-refractivity contribution in [3.63, 3.8) is 0 Å². The lowest BCUT2D eigenvalue weighted by molar-refractivity contribution is -0.137. The molecule has 1 aliphatic rings. The second-order valence-corrected chi connectivity index (χ2v) is 12.6. The molecule has 0 spiro atoms. The molecule has 44 heavy (non-hydrogen) atoms. The van der Waals surface area contributed by atoms with Gasteiger partial charge in [0.15, 0.2) is 9.84 Å². The Morgan fingerprint density at radius 1 is 1.20 bits per heavy atom. The van der Waals surface area contributed by atoms with Crippen LogP contribution in [0.1, 0.15) is 42.0 Å². The molecule has 9 nitrogen and oxygen atoms in total. The number of benzene rings is 2. The van der Waals surface area contributed by atoms with E-state index in [1.165, 1.54) is 30.7 Å². The van der Waals surface area contributed by atoms with E-state index in [0.29, 0.717) is 37.9 Å². The smallest absolute Gasteiger partial charge is 0.416 e. The Morgan fingerprint density at radius 3 is 2.57 bits per heavy atom. The molecule has 1 saturated carbocycles. The summed E-state index contributed by atoms with van der Waals surface area (Å²) in [5.74, 6) is -1.67. The second-order valence-electron chi connectivity index (χ2n) is 10.2. The van der Waals surface area contributed by atoms with Crippen molar-refractivity contribution in [2.45, 2.75) is 54.2 Å². The summed E-state index contributed by atoms with van der Waals surface area (Å²) >= 11 is 6.41. The average molecular weight is 661 g/mol. The molecule has 3 aromatic rings. The van der Waals surface area contributed by atoms with E-state index >= 15 is 4.39 Å². The molecule has 4 rings (SSSR count). The first-order valence-electron chi connectivity index (χ1n) is 13.5. The Kier molecular flexibility index (Phi) is 12.5. The highest BCUT2D eigenvalue weighted by atomic mass is 35.5. The average Bonchev–Trinajstić information content (AvgIpc) is 2.98. The number of nitrogens with one attached hydrogen (secondary N) is 1. The number of ether oxygens (including phenoxy) is 1. The molecule has 1 fully saturated rings. The van der Waals surface area contributed by atoms with E-state index in [9.17, 15) is 21.6 Å². The standard InChI is InChI=1S/C28H31ClF4N4O3S.CH2O2/c1-34-10-11-37(2)24-13-19(18-4-3-5-20(12-18)28(31,32)33)6-7-25(24)40-26-15-23(30)27(14-22(26)29)41(38,39)16-21-8-9-35-17-36-21;2-1-3/h3-5,8-9,12,14-15,17,19,24-25,34H,6-7,10-11,13,16H2,1-2H3;1H,(H,2,3)/t19-,24-,25-;/m0./s1. The first-order chi connectivity index (χ1) is 20.8. The first kappa shape index (κ1) is 35.2. The largest absolute Gasteiger partial charge is 0.487 e. The molecule has 0 unspecified atom stereocenters. The van der Waals surface area contributed by atoms with Gasteiger partial charge in [-0.15, -0.1) is 0 Å². The summed E-state index contributed by atoms with van der Waals surface area (Å²) in [6, 6.07) is 8.59. The Labute approximate surface area is 258 Å². The quantitative estimate of drug-likeness (QED) is 0.223. The van der Waals surface area contributed by atoms with Crippen molar-refractivity contribution in [1.82, 2.24) is 20.2 Å². The number of alkyl halides is 3. The summed E-state index contributed by atoms with van der Waals surface area (Å²) in [5, 5.41) is 9.90. The number of hydrogen-bond acceptors (Lipinski definition) is 8. The SMILES string of the molecule is CNCCN(C)[C@H]1C[C@@H](c2cccc(C(F)(F)F)c2)CC[C@@H]1Oc1cc(F)c(S(=O)(=O)Cc2ccncn2)cc1Cl.O=CO. The van der Waals surface area contributed by atoms with E-state index in [0.717, 1.165) is 18.2 Å². The van der Waals surface area contributed by atoms with Crippen molar-refractivity contribution in [1.29, 1.82) is 0 Å². The number of hydrogen-bond donors (Lipinski definition) is 2. The maximum Gasteiger partial charge on any atom is 0.416 e. The summed E-state index contributed by atoms with van der Waals surface area (Å²) in [6.07, 6.45) is -0.762.